The van der Waals surface area contributed by atoms with E-state index in [1.807, 2.05) is 13.8 Å². The molecule has 1 aliphatic rings. The van der Waals surface area contributed by atoms with Gasteiger partial charge in [-0.3, -0.25) is 9.59 Å². The smallest absolute Gasteiger partial charge is 0.270 e. The van der Waals surface area contributed by atoms with Gasteiger partial charge in [-0.15, -0.1) is 10.2 Å². The van der Waals surface area contributed by atoms with Gasteiger partial charge in [0, 0.05) is 23.9 Å². The maximum atomic E-state index is 12.8. The fourth-order valence-corrected chi connectivity index (χ4v) is 3.60. The minimum absolute atomic E-state index is 0.115. The number of hydrogen-bond acceptors (Lipinski definition) is 6. The highest BCUT2D eigenvalue weighted by Crippen LogP contribution is 2.39. The lowest BCUT2D eigenvalue weighted by atomic mass is 10.0. The number of anilines is 2. The molecular formula is C18H21ClN4O3S. The largest absolute Gasteiger partial charge is 0.476 e. The topological polar surface area (TPSA) is 84.4 Å². The molecule has 0 unspecified atom stereocenters. The van der Waals surface area contributed by atoms with Gasteiger partial charge in [-0.2, -0.15) is 0 Å². The molecule has 1 aromatic heterocycles. The third-order valence-corrected chi connectivity index (χ3v) is 5.45. The summed E-state index contributed by atoms with van der Waals surface area (Å²) in [4.78, 5) is 26.6. The zero-order valence-electron chi connectivity index (χ0n) is 15.6. The Hall–Kier alpha value is -2.19. The lowest BCUT2D eigenvalue weighted by Crippen LogP contribution is -2.53. The first-order chi connectivity index (χ1) is 12.7. The van der Waals surface area contributed by atoms with Gasteiger partial charge < -0.3 is 15.0 Å². The van der Waals surface area contributed by atoms with E-state index in [0.717, 1.165) is 5.01 Å². The van der Waals surface area contributed by atoms with Crippen LogP contribution in [0.3, 0.4) is 0 Å². The van der Waals surface area contributed by atoms with Gasteiger partial charge in [0.05, 0.1) is 5.69 Å². The van der Waals surface area contributed by atoms with E-state index in [4.69, 9.17) is 16.3 Å². The molecule has 0 fully saturated rings. The Bertz CT molecular complexity index is 881. The molecule has 27 heavy (non-hydrogen) atoms. The lowest BCUT2D eigenvalue weighted by molar-refractivity contribution is -0.132. The van der Waals surface area contributed by atoms with Gasteiger partial charge in [0.15, 0.2) is 5.60 Å². The standard InChI is InChI=1S/C18H21ClN4O3S/c1-10(2)15-21-22-17(27-15)20-14(24)7-8-23-12-9-11(19)5-6-13(12)26-18(3,4)16(23)25/h5-6,9-10H,7-8H2,1-4H3,(H,20,22,24). The predicted octanol–water partition coefficient (Wildman–Crippen LogP) is 3.85. The van der Waals surface area contributed by atoms with Crippen molar-refractivity contribution in [3.05, 3.63) is 28.2 Å². The van der Waals surface area contributed by atoms with Gasteiger partial charge >= 0.3 is 0 Å². The Kier molecular flexibility index (Phi) is 5.39. The summed E-state index contributed by atoms with van der Waals surface area (Å²) >= 11 is 7.42. The first-order valence-corrected chi connectivity index (χ1v) is 9.80. The van der Waals surface area contributed by atoms with Crippen molar-refractivity contribution in [1.82, 2.24) is 10.2 Å². The van der Waals surface area contributed by atoms with Crippen LogP contribution in [-0.4, -0.2) is 34.2 Å². The number of aromatic nitrogens is 2. The molecular weight excluding hydrogens is 388 g/mol. The van der Waals surface area contributed by atoms with Gasteiger partial charge in [-0.1, -0.05) is 36.8 Å². The average Bonchev–Trinajstić information content (AvgIpc) is 3.04. The monoisotopic (exact) mass is 408 g/mol. The van der Waals surface area contributed by atoms with E-state index in [-0.39, 0.29) is 30.7 Å². The molecule has 0 saturated heterocycles. The highest BCUT2D eigenvalue weighted by Gasteiger charge is 2.40. The van der Waals surface area contributed by atoms with Crippen molar-refractivity contribution >= 4 is 45.6 Å². The molecule has 9 heteroatoms. The van der Waals surface area contributed by atoms with E-state index in [1.165, 1.54) is 11.3 Å². The molecule has 1 aliphatic heterocycles. The summed E-state index contributed by atoms with van der Waals surface area (Å²) in [5.74, 6) is 0.364. The summed E-state index contributed by atoms with van der Waals surface area (Å²) in [5.41, 5.74) is -0.444. The van der Waals surface area contributed by atoms with E-state index >= 15 is 0 Å². The third kappa shape index (κ3) is 4.22. The minimum Gasteiger partial charge on any atom is -0.476 e. The molecule has 2 amide bonds. The minimum atomic E-state index is -1.01. The molecule has 2 heterocycles. The number of fused-ring (bicyclic) bond motifs is 1. The number of halogens is 1. The van der Waals surface area contributed by atoms with Crippen molar-refractivity contribution in [2.24, 2.45) is 0 Å². The van der Waals surface area contributed by atoms with E-state index in [1.54, 1.807) is 36.9 Å². The zero-order valence-corrected chi connectivity index (χ0v) is 17.1. The average molecular weight is 409 g/mol. The normalized spacial score (nSPS) is 15.5. The molecule has 0 bridgehead atoms. The van der Waals surface area contributed by atoms with Crippen molar-refractivity contribution in [2.45, 2.75) is 45.6 Å². The molecule has 0 radical (unpaired) electrons. The Balaban J connectivity index is 1.71. The number of carbonyl (C=O) groups excluding carboxylic acids is 2. The van der Waals surface area contributed by atoms with Crippen LogP contribution in [-0.2, 0) is 9.59 Å². The van der Waals surface area contributed by atoms with Gasteiger partial charge in [0.1, 0.15) is 10.8 Å². The summed E-state index contributed by atoms with van der Waals surface area (Å²) in [5, 5.41) is 12.6. The van der Waals surface area contributed by atoms with Crippen LogP contribution >= 0.6 is 22.9 Å². The molecule has 144 valence electrons. The Morgan fingerprint density at radius 1 is 1.37 bits per heavy atom. The second-order valence-electron chi connectivity index (χ2n) is 7.08. The van der Waals surface area contributed by atoms with Crippen molar-refractivity contribution < 1.29 is 14.3 Å². The summed E-state index contributed by atoms with van der Waals surface area (Å²) in [6, 6.07) is 5.11. The number of ether oxygens (including phenoxy) is 1. The number of benzene rings is 1. The van der Waals surface area contributed by atoms with Crippen LogP contribution in [0.1, 0.15) is 45.0 Å². The van der Waals surface area contributed by atoms with Crippen LogP contribution in [0.5, 0.6) is 5.75 Å². The van der Waals surface area contributed by atoms with Crippen LogP contribution in [0, 0.1) is 0 Å². The second-order valence-corrected chi connectivity index (χ2v) is 8.53. The number of carbonyl (C=O) groups is 2. The van der Waals surface area contributed by atoms with Crippen LogP contribution in [0.4, 0.5) is 10.8 Å². The molecule has 1 aromatic carbocycles. The van der Waals surface area contributed by atoms with Crippen LogP contribution in [0.15, 0.2) is 18.2 Å². The Morgan fingerprint density at radius 2 is 2.11 bits per heavy atom. The number of hydrogen-bond donors (Lipinski definition) is 1. The van der Waals surface area contributed by atoms with E-state index in [2.05, 4.69) is 15.5 Å². The van der Waals surface area contributed by atoms with Crippen molar-refractivity contribution in [3.63, 3.8) is 0 Å². The summed E-state index contributed by atoms with van der Waals surface area (Å²) < 4.78 is 5.78. The second kappa shape index (κ2) is 7.44. The van der Waals surface area contributed by atoms with Gasteiger partial charge in [-0.25, -0.2) is 0 Å². The molecule has 7 nitrogen and oxygen atoms in total. The summed E-state index contributed by atoms with van der Waals surface area (Å²) in [6.45, 7) is 7.64. The molecule has 0 aliphatic carbocycles. The first kappa shape index (κ1) is 19.6. The summed E-state index contributed by atoms with van der Waals surface area (Å²) in [7, 11) is 0. The van der Waals surface area contributed by atoms with Gasteiger partial charge in [0.25, 0.3) is 5.91 Å². The number of nitrogens with zero attached hydrogens (tertiary/aromatic N) is 3. The quantitative estimate of drug-likeness (QED) is 0.812. The van der Waals surface area contributed by atoms with Crippen molar-refractivity contribution in [2.75, 3.05) is 16.8 Å². The molecule has 3 rings (SSSR count). The first-order valence-electron chi connectivity index (χ1n) is 8.61. The van der Waals surface area contributed by atoms with Gasteiger partial charge in [0.2, 0.25) is 11.0 Å². The van der Waals surface area contributed by atoms with E-state index in [0.29, 0.717) is 21.6 Å². The number of nitrogens with one attached hydrogen (secondary N) is 1. The van der Waals surface area contributed by atoms with Crippen LogP contribution < -0.4 is 15.0 Å². The highest BCUT2D eigenvalue weighted by atomic mass is 35.5. The maximum Gasteiger partial charge on any atom is 0.270 e. The van der Waals surface area contributed by atoms with Crippen LogP contribution in [0.2, 0.25) is 5.02 Å². The fourth-order valence-electron chi connectivity index (χ4n) is 2.68. The maximum absolute atomic E-state index is 12.8. The van der Waals surface area contributed by atoms with Crippen molar-refractivity contribution in [1.29, 1.82) is 0 Å². The molecule has 0 spiro atoms. The molecule has 1 N–H and O–H groups in total. The summed E-state index contributed by atoms with van der Waals surface area (Å²) in [6.07, 6.45) is 0.115. The highest BCUT2D eigenvalue weighted by molar-refractivity contribution is 7.15. The lowest BCUT2D eigenvalue weighted by Gasteiger charge is -2.38. The SMILES string of the molecule is CC(C)c1nnc(NC(=O)CCN2C(=O)C(C)(C)Oc3ccc(Cl)cc32)s1. The van der Waals surface area contributed by atoms with Gasteiger partial charge in [-0.05, 0) is 32.0 Å². The Labute approximate surface area is 166 Å². The molecule has 0 saturated carbocycles. The van der Waals surface area contributed by atoms with E-state index < -0.39 is 5.60 Å². The van der Waals surface area contributed by atoms with Crippen LogP contribution in [0.25, 0.3) is 0 Å². The fraction of sp³-hybridized carbons (Fsp3) is 0.444. The number of amides is 2. The predicted molar refractivity (Wildman–Crippen MR) is 106 cm³/mol. The Morgan fingerprint density at radius 3 is 2.78 bits per heavy atom. The molecule has 0 atom stereocenters. The zero-order chi connectivity index (χ0) is 19.8. The van der Waals surface area contributed by atoms with E-state index in [9.17, 15) is 9.59 Å². The third-order valence-electron chi connectivity index (χ3n) is 4.08. The van der Waals surface area contributed by atoms with Crippen molar-refractivity contribution in [3.8, 4) is 5.75 Å². The molecule has 2 aromatic rings. The number of rotatable bonds is 5.